The van der Waals surface area contributed by atoms with Crippen LogP contribution >= 0.6 is 0 Å². The zero-order valence-corrected chi connectivity index (χ0v) is 15.3. The number of hydrogen-bond acceptors (Lipinski definition) is 3. The molecule has 144 valence electrons. The molecule has 0 bridgehead atoms. The third-order valence-electron chi connectivity index (χ3n) is 4.59. The molecule has 1 aliphatic heterocycles. The van der Waals surface area contributed by atoms with Gasteiger partial charge in [-0.15, -0.1) is 0 Å². The lowest BCUT2D eigenvalue weighted by Gasteiger charge is -2.35. The predicted octanol–water partition coefficient (Wildman–Crippen LogP) is 2.73. The summed E-state index contributed by atoms with van der Waals surface area (Å²) in [6, 6.07) is 0. The van der Waals surface area contributed by atoms with E-state index < -0.39 is 40.3 Å². The summed E-state index contributed by atoms with van der Waals surface area (Å²) >= 11 is 0. The summed E-state index contributed by atoms with van der Waals surface area (Å²) in [5, 5.41) is 1.74. The van der Waals surface area contributed by atoms with Crippen molar-refractivity contribution in [2.75, 3.05) is 6.54 Å². The topological polar surface area (TPSA) is 66.5 Å². The average Bonchev–Trinajstić information content (AvgIpc) is 2.68. The highest BCUT2D eigenvalue weighted by Crippen LogP contribution is 2.51. The number of hydrogen-bond donors (Lipinski definition) is 1. The van der Waals surface area contributed by atoms with Gasteiger partial charge in [-0.3, -0.25) is 14.4 Å². The van der Waals surface area contributed by atoms with E-state index in [-0.39, 0.29) is 31.0 Å². The Kier molecular flexibility index (Phi) is 4.85. The predicted molar refractivity (Wildman–Crippen MR) is 88.7 cm³/mol. The van der Waals surface area contributed by atoms with Gasteiger partial charge in [0.1, 0.15) is 0 Å². The molecule has 2 amide bonds. The normalized spacial score (nSPS) is 25.6. The lowest BCUT2D eigenvalue weighted by molar-refractivity contribution is -0.194. The van der Waals surface area contributed by atoms with Crippen molar-refractivity contribution in [1.29, 1.82) is 0 Å². The molecular formula is C18H23F3N2O3. The van der Waals surface area contributed by atoms with Gasteiger partial charge in [-0.25, -0.2) is 0 Å². The summed E-state index contributed by atoms with van der Waals surface area (Å²) in [6.07, 6.45) is -4.49. The summed E-state index contributed by atoms with van der Waals surface area (Å²) in [7, 11) is 0. The SMILES string of the molecule is C=CC(=O)N[C@@]1(C(F)(F)F)C(=O)N(CC(C)C)C2=C1C(=O)CC(C)(C)C2. The molecule has 26 heavy (non-hydrogen) atoms. The zero-order chi connectivity index (χ0) is 20.1. The van der Waals surface area contributed by atoms with Crippen molar-refractivity contribution in [2.24, 2.45) is 11.3 Å². The standard InChI is InChI=1S/C18H23F3N2O3/c1-6-13(25)22-17(18(19,20)21)14-11(7-16(4,5)8-12(14)24)23(15(17)26)9-10(2)3/h6,10H,1,7-9H2,2-5H3,(H,22,25)/t17-/m1/s1. The number of amides is 2. The highest BCUT2D eigenvalue weighted by atomic mass is 19.4. The minimum absolute atomic E-state index is 0.0306. The molecule has 0 aromatic carbocycles. The number of nitrogens with one attached hydrogen (secondary N) is 1. The molecule has 2 aliphatic rings. The van der Waals surface area contributed by atoms with Gasteiger partial charge in [-0.2, -0.15) is 13.2 Å². The Morgan fingerprint density at radius 2 is 1.88 bits per heavy atom. The van der Waals surface area contributed by atoms with Gasteiger partial charge in [0.15, 0.2) is 5.78 Å². The third-order valence-corrected chi connectivity index (χ3v) is 4.59. The van der Waals surface area contributed by atoms with Crippen LogP contribution in [-0.2, 0) is 14.4 Å². The van der Waals surface area contributed by atoms with Crippen LogP contribution in [0.5, 0.6) is 0 Å². The van der Waals surface area contributed by atoms with E-state index in [9.17, 15) is 27.6 Å². The maximum Gasteiger partial charge on any atom is 0.425 e. The number of allylic oxidation sites excluding steroid dienone is 1. The van der Waals surface area contributed by atoms with Crippen LogP contribution in [0.3, 0.4) is 0 Å². The molecule has 0 fully saturated rings. The van der Waals surface area contributed by atoms with Crippen LogP contribution < -0.4 is 5.32 Å². The van der Waals surface area contributed by atoms with Crippen LogP contribution in [0, 0.1) is 11.3 Å². The van der Waals surface area contributed by atoms with E-state index in [0.717, 1.165) is 4.90 Å². The molecule has 5 nitrogen and oxygen atoms in total. The minimum atomic E-state index is -5.16. The Bertz CT molecular complexity index is 707. The average molecular weight is 372 g/mol. The van der Waals surface area contributed by atoms with Gasteiger partial charge in [-0.05, 0) is 23.8 Å². The fourth-order valence-corrected chi connectivity index (χ4v) is 3.62. The second-order valence-corrected chi connectivity index (χ2v) is 8.01. The molecule has 0 spiro atoms. The molecule has 8 heteroatoms. The molecule has 0 aromatic rings. The summed E-state index contributed by atoms with van der Waals surface area (Å²) in [4.78, 5) is 38.4. The largest absolute Gasteiger partial charge is 0.425 e. The number of alkyl halides is 3. The van der Waals surface area contributed by atoms with Crippen molar-refractivity contribution >= 4 is 17.6 Å². The molecule has 1 atom stereocenters. The Labute approximate surface area is 150 Å². The van der Waals surface area contributed by atoms with Crippen molar-refractivity contribution in [3.8, 4) is 0 Å². The maximum absolute atomic E-state index is 14.1. The number of Topliss-reactive ketones (excluding diaryl/α,β-unsaturated/α-hetero) is 1. The third kappa shape index (κ3) is 3.05. The summed E-state index contributed by atoms with van der Waals surface area (Å²) in [6.45, 7) is 10.2. The number of halogens is 3. The van der Waals surface area contributed by atoms with Crippen molar-refractivity contribution in [3.05, 3.63) is 23.9 Å². The number of carbonyl (C=O) groups excluding carboxylic acids is 3. The first-order valence-corrected chi connectivity index (χ1v) is 8.37. The molecule has 0 radical (unpaired) electrons. The Morgan fingerprint density at radius 3 is 2.35 bits per heavy atom. The Morgan fingerprint density at radius 1 is 1.31 bits per heavy atom. The van der Waals surface area contributed by atoms with Crippen LogP contribution in [0.15, 0.2) is 23.9 Å². The molecule has 2 rings (SSSR count). The molecular weight excluding hydrogens is 349 g/mol. The zero-order valence-electron chi connectivity index (χ0n) is 15.3. The van der Waals surface area contributed by atoms with Gasteiger partial charge in [0.2, 0.25) is 11.4 Å². The van der Waals surface area contributed by atoms with E-state index in [1.165, 1.54) is 0 Å². The maximum atomic E-state index is 14.1. The van der Waals surface area contributed by atoms with E-state index in [0.29, 0.717) is 6.08 Å². The van der Waals surface area contributed by atoms with Gasteiger partial charge in [-0.1, -0.05) is 34.3 Å². The van der Waals surface area contributed by atoms with Crippen LogP contribution in [0.1, 0.15) is 40.5 Å². The number of rotatable bonds is 4. The highest BCUT2D eigenvalue weighted by Gasteiger charge is 2.71. The van der Waals surface area contributed by atoms with Gasteiger partial charge < -0.3 is 10.2 Å². The Hall–Kier alpha value is -2.12. The van der Waals surface area contributed by atoms with Crippen LogP contribution in [0.25, 0.3) is 0 Å². The van der Waals surface area contributed by atoms with Gasteiger partial charge in [0.25, 0.3) is 5.91 Å². The first-order valence-electron chi connectivity index (χ1n) is 8.37. The van der Waals surface area contributed by atoms with E-state index in [2.05, 4.69) is 6.58 Å². The molecule has 1 heterocycles. The van der Waals surface area contributed by atoms with Crippen molar-refractivity contribution in [2.45, 2.75) is 52.3 Å². The molecule has 0 unspecified atom stereocenters. The first kappa shape index (κ1) is 20.2. The lowest BCUT2D eigenvalue weighted by Crippen LogP contribution is -2.66. The summed E-state index contributed by atoms with van der Waals surface area (Å²) < 4.78 is 42.4. The van der Waals surface area contributed by atoms with Gasteiger partial charge in [0.05, 0.1) is 5.57 Å². The quantitative estimate of drug-likeness (QED) is 0.772. The monoisotopic (exact) mass is 372 g/mol. The van der Waals surface area contributed by atoms with Crippen molar-refractivity contribution < 1.29 is 27.6 Å². The van der Waals surface area contributed by atoms with Crippen LogP contribution in [-0.4, -0.2) is 40.8 Å². The Balaban J connectivity index is 2.76. The molecule has 1 aliphatic carbocycles. The van der Waals surface area contributed by atoms with Gasteiger partial charge >= 0.3 is 6.18 Å². The highest BCUT2D eigenvalue weighted by molar-refractivity contribution is 6.14. The van der Waals surface area contributed by atoms with E-state index in [1.807, 2.05) is 0 Å². The lowest BCUT2D eigenvalue weighted by atomic mass is 9.72. The van der Waals surface area contributed by atoms with Crippen molar-refractivity contribution in [1.82, 2.24) is 10.2 Å². The molecule has 0 saturated heterocycles. The molecule has 0 saturated carbocycles. The minimum Gasteiger partial charge on any atom is -0.327 e. The second-order valence-electron chi connectivity index (χ2n) is 8.01. The van der Waals surface area contributed by atoms with Crippen LogP contribution in [0.2, 0.25) is 0 Å². The fourth-order valence-electron chi connectivity index (χ4n) is 3.62. The van der Waals surface area contributed by atoms with Crippen molar-refractivity contribution in [3.63, 3.8) is 0 Å². The number of ketones is 1. The molecule has 1 N–H and O–H groups in total. The smallest absolute Gasteiger partial charge is 0.327 e. The van der Waals surface area contributed by atoms with E-state index >= 15 is 0 Å². The fraction of sp³-hybridized carbons (Fsp3) is 0.611. The number of carbonyl (C=O) groups is 3. The summed E-state index contributed by atoms with van der Waals surface area (Å²) in [5.74, 6) is -3.37. The second kappa shape index (κ2) is 6.25. The van der Waals surface area contributed by atoms with E-state index in [4.69, 9.17) is 0 Å². The van der Waals surface area contributed by atoms with Gasteiger partial charge in [0, 0.05) is 18.7 Å². The van der Waals surface area contributed by atoms with Crippen LogP contribution in [0.4, 0.5) is 13.2 Å². The number of nitrogens with zero attached hydrogens (tertiary/aromatic N) is 1. The molecule has 0 aromatic heterocycles. The first-order chi connectivity index (χ1) is 11.8. The van der Waals surface area contributed by atoms with E-state index in [1.54, 1.807) is 33.0 Å². The summed E-state index contributed by atoms with van der Waals surface area (Å²) in [5.41, 5.74) is -4.51.